The number of aromatic nitrogens is 1. The van der Waals surface area contributed by atoms with Crippen molar-refractivity contribution in [1.29, 1.82) is 0 Å². The van der Waals surface area contributed by atoms with Crippen LogP contribution in [0.25, 0.3) is 0 Å². The summed E-state index contributed by atoms with van der Waals surface area (Å²) in [4.78, 5) is 5.83. The van der Waals surface area contributed by atoms with Crippen molar-refractivity contribution in [2.24, 2.45) is 5.73 Å². The minimum Gasteiger partial charge on any atom is -0.351 e. The Balaban J connectivity index is 1.91. The Hall–Kier alpha value is -1.30. The van der Waals surface area contributed by atoms with Crippen molar-refractivity contribution in [2.45, 2.75) is 50.0 Å². The molecule has 0 aromatic carbocycles. The van der Waals surface area contributed by atoms with Crippen LogP contribution in [0.15, 0.2) is 18.2 Å². The second-order valence-corrected chi connectivity index (χ2v) is 5.40. The molecule has 2 aliphatic rings. The molecule has 2 saturated heterocycles. The summed E-state index contributed by atoms with van der Waals surface area (Å²) in [5.74, 6) is 0.439. The zero-order valence-corrected chi connectivity index (χ0v) is 10.4. The lowest BCUT2D eigenvalue weighted by molar-refractivity contribution is -0.141. The molecule has 104 valence electrons. The van der Waals surface area contributed by atoms with Crippen LogP contribution in [0.3, 0.4) is 0 Å². The summed E-state index contributed by atoms with van der Waals surface area (Å²) in [6.45, 7) is 0. The van der Waals surface area contributed by atoms with Crippen LogP contribution in [-0.2, 0) is 6.18 Å². The quantitative estimate of drug-likeness (QED) is 0.853. The van der Waals surface area contributed by atoms with E-state index >= 15 is 0 Å². The van der Waals surface area contributed by atoms with Crippen LogP contribution in [0.4, 0.5) is 19.0 Å². The molecule has 0 saturated carbocycles. The van der Waals surface area contributed by atoms with E-state index in [-0.39, 0.29) is 18.1 Å². The van der Waals surface area contributed by atoms with Crippen LogP contribution in [0.5, 0.6) is 0 Å². The Morgan fingerprint density at radius 3 is 2.37 bits per heavy atom. The number of anilines is 1. The average molecular weight is 271 g/mol. The van der Waals surface area contributed by atoms with Crippen molar-refractivity contribution in [3.05, 3.63) is 23.9 Å². The Bertz CT molecular complexity index is 460. The lowest BCUT2D eigenvalue weighted by Crippen LogP contribution is -2.48. The number of halogens is 3. The van der Waals surface area contributed by atoms with Crippen LogP contribution in [0.2, 0.25) is 0 Å². The van der Waals surface area contributed by atoms with E-state index in [1.807, 2.05) is 4.90 Å². The number of hydrogen-bond acceptors (Lipinski definition) is 3. The van der Waals surface area contributed by atoms with Crippen molar-refractivity contribution in [3.63, 3.8) is 0 Å². The van der Waals surface area contributed by atoms with Crippen LogP contribution >= 0.6 is 0 Å². The highest BCUT2D eigenvalue weighted by atomic mass is 19.4. The molecule has 3 nitrogen and oxygen atoms in total. The van der Waals surface area contributed by atoms with E-state index in [9.17, 15) is 13.2 Å². The number of alkyl halides is 3. The number of piperidine rings is 1. The maximum absolute atomic E-state index is 12.7. The Kier molecular flexibility index (Phi) is 2.92. The molecule has 2 aliphatic heterocycles. The van der Waals surface area contributed by atoms with E-state index in [1.165, 1.54) is 6.07 Å². The fraction of sp³-hybridized carbons (Fsp3) is 0.615. The van der Waals surface area contributed by atoms with E-state index < -0.39 is 11.9 Å². The van der Waals surface area contributed by atoms with Crippen molar-refractivity contribution in [3.8, 4) is 0 Å². The summed E-state index contributed by atoms with van der Waals surface area (Å²) in [5, 5.41) is 0. The molecule has 0 spiro atoms. The van der Waals surface area contributed by atoms with E-state index in [2.05, 4.69) is 4.98 Å². The van der Waals surface area contributed by atoms with E-state index in [4.69, 9.17) is 5.73 Å². The topological polar surface area (TPSA) is 42.1 Å². The molecular weight excluding hydrogens is 255 g/mol. The fourth-order valence-corrected chi connectivity index (χ4v) is 3.32. The molecule has 2 bridgehead atoms. The predicted octanol–water partition coefficient (Wildman–Crippen LogP) is 2.56. The van der Waals surface area contributed by atoms with Gasteiger partial charge in [0.05, 0.1) is 0 Å². The van der Waals surface area contributed by atoms with Gasteiger partial charge in [-0.3, -0.25) is 0 Å². The number of hydrogen-bond donors (Lipinski definition) is 1. The van der Waals surface area contributed by atoms with E-state index in [0.717, 1.165) is 31.7 Å². The maximum Gasteiger partial charge on any atom is 0.433 e. The molecular formula is C13H16F3N3. The van der Waals surface area contributed by atoms with Gasteiger partial charge in [-0.05, 0) is 37.8 Å². The summed E-state index contributed by atoms with van der Waals surface area (Å²) in [6, 6.07) is 4.76. The van der Waals surface area contributed by atoms with Crippen molar-refractivity contribution in [2.75, 3.05) is 4.90 Å². The van der Waals surface area contributed by atoms with Gasteiger partial charge in [0.1, 0.15) is 11.5 Å². The normalized spacial score (nSPS) is 30.7. The van der Waals surface area contributed by atoms with Crippen molar-refractivity contribution >= 4 is 5.82 Å². The third kappa shape index (κ3) is 2.29. The first-order valence-corrected chi connectivity index (χ1v) is 6.53. The smallest absolute Gasteiger partial charge is 0.351 e. The number of nitrogens with zero attached hydrogens (tertiary/aromatic N) is 2. The molecule has 2 N–H and O–H groups in total. The molecule has 19 heavy (non-hydrogen) atoms. The largest absolute Gasteiger partial charge is 0.433 e. The van der Waals surface area contributed by atoms with Gasteiger partial charge in [-0.15, -0.1) is 0 Å². The van der Waals surface area contributed by atoms with Gasteiger partial charge in [-0.2, -0.15) is 13.2 Å². The molecule has 1 aromatic heterocycles. The second kappa shape index (κ2) is 4.37. The molecule has 3 heterocycles. The molecule has 0 radical (unpaired) electrons. The summed E-state index contributed by atoms with van der Waals surface area (Å²) < 4.78 is 38.1. The maximum atomic E-state index is 12.7. The van der Waals surface area contributed by atoms with Crippen LogP contribution in [-0.4, -0.2) is 23.1 Å². The number of pyridine rings is 1. The number of nitrogens with two attached hydrogens (primary N) is 1. The van der Waals surface area contributed by atoms with Gasteiger partial charge in [-0.25, -0.2) is 4.98 Å². The zero-order chi connectivity index (χ0) is 13.6. The molecule has 2 unspecified atom stereocenters. The fourth-order valence-electron chi connectivity index (χ4n) is 3.32. The molecule has 6 heteroatoms. The Labute approximate surface area is 109 Å². The number of rotatable bonds is 1. The highest BCUT2D eigenvalue weighted by Gasteiger charge is 2.41. The Morgan fingerprint density at radius 1 is 1.16 bits per heavy atom. The summed E-state index contributed by atoms with van der Waals surface area (Å²) in [6.07, 6.45) is -0.712. The monoisotopic (exact) mass is 271 g/mol. The first-order valence-electron chi connectivity index (χ1n) is 6.53. The molecule has 3 rings (SSSR count). The van der Waals surface area contributed by atoms with Gasteiger partial charge in [0.2, 0.25) is 0 Å². The summed E-state index contributed by atoms with van der Waals surface area (Å²) in [7, 11) is 0. The molecule has 0 amide bonds. The lowest BCUT2D eigenvalue weighted by Gasteiger charge is -2.38. The summed E-state index contributed by atoms with van der Waals surface area (Å²) >= 11 is 0. The predicted molar refractivity (Wildman–Crippen MR) is 65.7 cm³/mol. The summed E-state index contributed by atoms with van der Waals surface area (Å²) in [5.41, 5.74) is 5.15. The van der Waals surface area contributed by atoms with Crippen LogP contribution in [0.1, 0.15) is 31.4 Å². The highest BCUT2D eigenvalue weighted by Crippen LogP contribution is 2.39. The van der Waals surface area contributed by atoms with Crippen molar-refractivity contribution in [1.82, 2.24) is 4.98 Å². The molecule has 2 atom stereocenters. The second-order valence-electron chi connectivity index (χ2n) is 5.40. The van der Waals surface area contributed by atoms with Gasteiger partial charge in [0.15, 0.2) is 0 Å². The SMILES string of the molecule is NC1CC2CCC(C1)N2c1cccc(C(F)(F)F)n1. The lowest BCUT2D eigenvalue weighted by atomic mass is 9.98. The molecule has 0 aliphatic carbocycles. The van der Waals surface area contributed by atoms with Crippen LogP contribution in [0, 0.1) is 0 Å². The first kappa shape index (κ1) is 12.7. The van der Waals surface area contributed by atoms with Crippen LogP contribution < -0.4 is 10.6 Å². The van der Waals surface area contributed by atoms with Gasteiger partial charge < -0.3 is 10.6 Å². The van der Waals surface area contributed by atoms with Gasteiger partial charge >= 0.3 is 6.18 Å². The third-order valence-corrected chi connectivity index (χ3v) is 4.06. The van der Waals surface area contributed by atoms with Gasteiger partial charge in [0.25, 0.3) is 0 Å². The average Bonchev–Trinajstić information content (AvgIpc) is 2.61. The van der Waals surface area contributed by atoms with Crippen molar-refractivity contribution < 1.29 is 13.2 Å². The van der Waals surface area contributed by atoms with Gasteiger partial charge in [-0.1, -0.05) is 6.07 Å². The molecule has 1 aromatic rings. The number of fused-ring (bicyclic) bond motifs is 2. The minimum absolute atomic E-state index is 0.166. The third-order valence-electron chi connectivity index (χ3n) is 4.06. The van der Waals surface area contributed by atoms with E-state index in [0.29, 0.717) is 5.82 Å². The minimum atomic E-state index is -4.39. The molecule has 2 fully saturated rings. The highest BCUT2D eigenvalue weighted by molar-refractivity contribution is 5.45. The standard InChI is InChI=1S/C13H16F3N3/c14-13(15,16)11-2-1-3-12(18-11)19-9-4-5-10(19)7-8(17)6-9/h1-3,8-10H,4-7,17H2. The Morgan fingerprint density at radius 2 is 1.79 bits per heavy atom. The van der Waals surface area contributed by atoms with Gasteiger partial charge in [0, 0.05) is 18.1 Å². The first-order chi connectivity index (χ1) is 8.95. The van der Waals surface area contributed by atoms with E-state index in [1.54, 1.807) is 6.07 Å². The zero-order valence-electron chi connectivity index (χ0n) is 10.4.